The summed E-state index contributed by atoms with van der Waals surface area (Å²) in [6.07, 6.45) is 6.03. The molecule has 1 aliphatic heterocycles. The fourth-order valence-corrected chi connectivity index (χ4v) is 2.59. The van der Waals surface area contributed by atoms with Gasteiger partial charge < -0.3 is 5.32 Å². The molecule has 2 heterocycles. The van der Waals surface area contributed by atoms with E-state index >= 15 is 0 Å². The summed E-state index contributed by atoms with van der Waals surface area (Å²) in [5.41, 5.74) is 2.61. The minimum Gasteiger partial charge on any atom is -0.308 e. The summed E-state index contributed by atoms with van der Waals surface area (Å²) in [5.74, 6) is 1.11. The SMILES string of the molecule is C/C(=C\c1ccccc1)CN[C@H]1CCc2ncnn2C1. The van der Waals surface area contributed by atoms with Crippen LogP contribution in [0.15, 0.2) is 42.2 Å². The summed E-state index contributed by atoms with van der Waals surface area (Å²) in [7, 11) is 0. The van der Waals surface area contributed by atoms with Crippen molar-refractivity contribution < 1.29 is 0 Å². The van der Waals surface area contributed by atoms with Crippen LogP contribution in [0.2, 0.25) is 0 Å². The number of nitrogens with zero attached hydrogens (tertiary/aromatic N) is 3. The molecule has 1 N–H and O–H groups in total. The molecule has 4 heteroatoms. The first-order valence-corrected chi connectivity index (χ1v) is 7.13. The van der Waals surface area contributed by atoms with Crippen molar-refractivity contribution in [1.82, 2.24) is 20.1 Å². The molecule has 2 aromatic rings. The van der Waals surface area contributed by atoms with Crippen LogP contribution in [0.4, 0.5) is 0 Å². The van der Waals surface area contributed by atoms with Gasteiger partial charge in [0.05, 0.1) is 6.54 Å². The summed E-state index contributed by atoms with van der Waals surface area (Å²) in [6, 6.07) is 10.9. The van der Waals surface area contributed by atoms with Crippen molar-refractivity contribution in [3.63, 3.8) is 0 Å². The maximum atomic E-state index is 4.25. The molecule has 0 aliphatic carbocycles. The molecule has 104 valence electrons. The van der Waals surface area contributed by atoms with E-state index in [0.717, 1.165) is 31.8 Å². The third kappa shape index (κ3) is 3.14. The van der Waals surface area contributed by atoms with Crippen molar-refractivity contribution in [1.29, 1.82) is 0 Å². The Labute approximate surface area is 119 Å². The van der Waals surface area contributed by atoms with E-state index in [4.69, 9.17) is 0 Å². The quantitative estimate of drug-likeness (QED) is 0.925. The number of aromatic nitrogens is 3. The number of aryl methyl sites for hydroxylation is 1. The predicted octanol–water partition coefficient (Wildman–Crippen LogP) is 2.29. The molecule has 0 saturated heterocycles. The van der Waals surface area contributed by atoms with Crippen LogP contribution in [0.1, 0.15) is 24.7 Å². The molecule has 3 rings (SSSR count). The maximum Gasteiger partial charge on any atom is 0.138 e. The Hall–Kier alpha value is -1.94. The standard InChI is InChI=1S/C16H20N4/c1-13(9-14-5-3-2-4-6-14)10-17-15-7-8-16-18-12-19-20(16)11-15/h2-6,9,12,15,17H,7-8,10-11H2,1H3/b13-9+/t15-/m0/s1. The van der Waals surface area contributed by atoms with Crippen molar-refractivity contribution in [3.8, 4) is 0 Å². The first kappa shape index (κ1) is 13.1. The number of benzene rings is 1. The summed E-state index contributed by atoms with van der Waals surface area (Å²) in [4.78, 5) is 4.25. The molecule has 0 radical (unpaired) electrons. The minimum absolute atomic E-state index is 0.489. The predicted molar refractivity (Wildman–Crippen MR) is 80.2 cm³/mol. The number of hydrogen-bond acceptors (Lipinski definition) is 3. The zero-order valence-corrected chi connectivity index (χ0v) is 11.8. The first-order valence-electron chi connectivity index (χ1n) is 7.13. The zero-order chi connectivity index (χ0) is 13.8. The van der Waals surface area contributed by atoms with Gasteiger partial charge in [-0.1, -0.05) is 42.0 Å². The van der Waals surface area contributed by atoms with Gasteiger partial charge in [-0.05, 0) is 18.9 Å². The van der Waals surface area contributed by atoms with Gasteiger partial charge in [0, 0.05) is 19.0 Å². The highest BCUT2D eigenvalue weighted by molar-refractivity contribution is 5.52. The maximum absolute atomic E-state index is 4.25. The lowest BCUT2D eigenvalue weighted by molar-refractivity contribution is 0.368. The fourth-order valence-electron chi connectivity index (χ4n) is 2.59. The van der Waals surface area contributed by atoms with E-state index in [2.05, 4.69) is 52.7 Å². The van der Waals surface area contributed by atoms with E-state index in [9.17, 15) is 0 Å². The first-order chi connectivity index (χ1) is 9.81. The van der Waals surface area contributed by atoms with Gasteiger partial charge in [-0.25, -0.2) is 9.67 Å². The lowest BCUT2D eigenvalue weighted by Crippen LogP contribution is -2.38. The Morgan fingerprint density at radius 3 is 3.10 bits per heavy atom. The highest BCUT2D eigenvalue weighted by Crippen LogP contribution is 2.12. The molecule has 0 fully saturated rings. The third-order valence-electron chi connectivity index (χ3n) is 3.69. The van der Waals surface area contributed by atoms with Crippen LogP contribution >= 0.6 is 0 Å². The second kappa shape index (κ2) is 6.01. The molecule has 1 aromatic carbocycles. The monoisotopic (exact) mass is 268 g/mol. The molecule has 0 spiro atoms. The van der Waals surface area contributed by atoms with Crippen LogP contribution in [0.5, 0.6) is 0 Å². The molecule has 4 nitrogen and oxygen atoms in total. The molecule has 20 heavy (non-hydrogen) atoms. The van der Waals surface area contributed by atoms with Gasteiger partial charge >= 0.3 is 0 Å². The summed E-state index contributed by atoms with van der Waals surface area (Å²) >= 11 is 0. The number of hydrogen-bond donors (Lipinski definition) is 1. The van der Waals surface area contributed by atoms with Gasteiger partial charge in [0.1, 0.15) is 12.2 Å². The Bertz CT molecular complexity index is 586. The van der Waals surface area contributed by atoms with Gasteiger partial charge in [0.2, 0.25) is 0 Å². The molecule has 0 saturated carbocycles. The topological polar surface area (TPSA) is 42.7 Å². The van der Waals surface area contributed by atoms with Crippen LogP contribution in [0.25, 0.3) is 6.08 Å². The Morgan fingerprint density at radius 1 is 1.40 bits per heavy atom. The normalized spacial score (nSPS) is 18.9. The molecule has 1 aromatic heterocycles. The molecule has 0 unspecified atom stereocenters. The van der Waals surface area contributed by atoms with E-state index in [1.54, 1.807) is 6.33 Å². The van der Waals surface area contributed by atoms with Crippen molar-refractivity contribution >= 4 is 6.08 Å². The average molecular weight is 268 g/mol. The van der Waals surface area contributed by atoms with E-state index in [1.807, 2.05) is 10.7 Å². The highest BCUT2D eigenvalue weighted by atomic mass is 15.3. The molecular weight excluding hydrogens is 248 g/mol. The smallest absolute Gasteiger partial charge is 0.138 e. The van der Waals surface area contributed by atoms with Crippen LogP contribution in [0.3, 0.4) is 0 Å². The molecule has 1 aliphatic rings. The van der Waals surface area contributed by atoms with Crippen molar-refractivity contribution in [2.45, 2.75) is 32.4 Å². The largest absolute Gasteiger partial charge is 0.308 e. The Kier molecular flexibility index (Phi) is 3.92. The van der Waals surface area contributed by atoms with Crippen LogP contribution in [0, 0.1) is 0 Å². The average Bonchev–Trinajstić information content (AvgIpc) is 2.93. The molecule has 0 amide bonds. The van der Waals surface area contributed by atoms with Crippen LogP contribution in [-0.2, 0) is 13.0 Å². The zero-order valence-electron chi connectivity index (χ0n) is 11.8. The lowest BCUT2D eigenvalue weighted by atomic mass is 10.1. The van der Waals surface area contributed by atoms with Crippen LogP contribution in [-0.4, -0.2) is 27.4 Å². The van der Waals surface area contributed by atoms with Gasteiger partial charge in [0.15, 0.2) is 0 Å². The molecule has 0 bridgehead atoms. The van der Waals surface area contributed by atoms with Gasteiger partial charge in [-0.2, -0.15) is 5.10 Å². The van der Waals surface area contributed by atoms with E-state index in [1.165, 1.54) is 11.1 Å². The van der Waals surface area contributed by atoms with Crippen LogP contribution < -0.4 is 5.32 Å². The van der Waals surface area contributed by atoms with Crippen molar-refractivity contribution in [2.24, 2.45) is 0 Å². The summed E-state index contributed by atoms with van der Waals surface area (Å²) in [6.45, 7) is 4.02. The van der Waals surface area contributed by atoms with E-state index in [-0.39, 0.29) is 0 Å². The third-order valence-corrected chi connectivity index (χ3v) is 3.69. The summed E-state index contributed by atoms with van der Waals surface area (Å²) < 4.78 is 2.01. The number of rotatable bonds is 4. The van der Waals surface area contributed by atoms with Gasteiger partial charge in [-0.3, -0.25) is 0 Å². The Morgan fingerprint density at radius 2 is 2.25 bits per heavy atom. The minimum atomic E-state index is 0.489. The Balaban J connectivity index is 1.54. The van der Waals surface area contributed by atoms with E-state index in [0.29, 0.717) is 6.04 Å². The van der Waals surface area contributed by atoms with Crippen molar-refractivity contribution in [3.05, 3.63) is 53.6 Å². The number of fused-ring (bicyclic) bond motifs is 1. The molecular formula is C16H20N4. The lowest BCUT2D eigenvalue weighted by Gasteiger charge is -2.23. The second-order valence-corrected chi connectivity index (χ2v) is 5.38. The van der Waals surface area contributed by atoms with E-state index < -0.39 is 0 Å². The molecule has 1 atom stereocenters. The summed E-state index contributed by atoms with van der Waals surface area (Å²) in [5, 5.41) is 7.87. The number of nitrogens with one attached hydrogen (secondary N) is 1. The van der Waals surface area contributed by atoms with Gasteiger partial charge in [0.25, 0.3) is 0 Å². The highest BCUT2D eigenvalue weighted by Gasteiger charge is 2.18. The van der Waals surface area contributed by atoms with Crippen molar-refractivity contribution in [2.75, 3.05) is 6.54 Å². The van der Waals surface area contributed by atoms with Gasteiger partial charge in [-0.15, -0.1) is 0 Å². The second-order valence-electron chi connectivity index (χ2n) is 5.38. The fraction of sp³-hybridized carbons (Fsp3) is 0.375.